The topological polar surface area (TPSA) is 84.4 Å². The Balaban J connectivity index is 1.33. The Kier molecular flexibility index (Phi) is 5.97. The molecule has 0 atom stereocenters. The zero-order valence-electron chi connectivity index (χ0n) is 17.6. The van der Waals surface area contributed by atoms with Crippen LogP contribution < -0.4 is 10.1 Å². The largest absolute Gasteiger partial charge is 0.491 e. The van der Waals surface area contributed by atoms with Gasteiger partial charge < -0.3 is 15.0 Å². The molecular formula is C23H28N4O3. The number of amides is 2. The summed E-state index contributed by atoms with van der Waals surface area (Å²) in [5.74, 6) is 1.79. The number of hydrogen-bond donors (Lipinski definition) is 1. The minimum absolute atomic E-state index is 0.0389. The summed E-state index contributed by atoms with van der Waals surface area (Å²) in [5, 5.41) is 2.90. The van der Waals surface area contributed by atoms with E-state index in [4.69, 9.17) is 4.74 Å². The lowest BCUT2D eigenvalue weighted by atomic mass is 10.1. The van der Waals surface area contributed by atoms with E-state index in [9.17, 15) is 9.59 Å². The number of aromatic nitrogens is 2. The second kappa shape index (κ2) is 8.81. The van der Waals surface area contributed by atoms with Crippen LogP contribution in [0.25, 0.3) is 0 Å². The number of nitrogens with one attached hydrogen (secondary N) is 1. The molecule has 7 nitrogen and oxygen atoms in total. The molecule has 1 aromatic carbocycles. The van der Waals surface area contributed by atoms with Crippen molar-refractivity contribution >= 4 is 11.8 Å². The van der Waals surface area contributed by atoms with Gasteiger partial charge in [0, 0.05) is 25.2 Å². The van der Waals surface area contributed by atoms with E-state index in [1.54, 1.807) is 11.1 Å². The first-order chi connectivity index (χ1) is 14.5. The van der Waals surface area contributed by atoms with Gasteiger partial charge in [0.1, 0.15) is 11.6 Å². The summed E-state index contributed by atoms with van der Waals surface area (Å²) in [4.78, 5) is 36.0. The number of aryl methyl sites for hydroxylation is 1. The second-order valence-corrected chi connectivity index (χ2v) is 8.28. The molecular weight excluding hydrogens is 380 g/mol. The maximum Gasteiger partial charge on any atom is 0.257 e. The summed E-state index contributed by atoms with van der Waals surface area (Å²) in [6, 6.07) is 7.65. The molecule has 1 aromatic heterocycles. The van der Waals surface area contributed by atoms with Crippen molar-refractivity contribution in [3.63, 3.8) is 0 Å². The maximum absolute atomic E-state index is 12.9. The monoisotopic (exact) mass is 408 g/mol. The van der Waals surface area contributed by atoms with Crippen molar-refractivity contribution in [2.75, 3.05) is 13.1 Å². The van der Waals surface area contributed by atoms with Gasteiger partial charge in [-0.3, -0.25) is 9.59 Å². The van der Waals surface area contributed by atoms with Gasteiger partial charge in [-0.1, -0.05) is 12.1 Å². The van der Waals surface area contributed by atoms with Crippen LogP contribution >= 0.6 is 0 Å². The highest BCUT2D eigenvalue weighted by atomic mass is 16.5. The summed E-state index contributed by atoms with van der Waals surface area (Å²) in [5.41, 5.74) is 2.34. The Morgan fingerprint density at radius 3 is 2.73 bits per heavy atom. The highest BCUT2D eigenvalue weighted by Crippen LogP contribution is 2.38. The molecule has 0 radical (unpaired) electrons. The van der Waals surface area contributed by atoms with Gasteiger partial charge in [-0.05, 0) is 57.2 Å². The second-order valence-electron chi connectivity index (χ2n) is 8.28. The molecule has 1 aliphatic carbocycles. The molecule has 2 heterocycles. The average Bonchev–Trinajstić information content (AvgIpc) is 3.57. The Labute approximate surface area is 176 Å². The maximum atomic E-state index is 12.9. The van der Waals surface area contributed by atoms with Crippen molar-refractivity contribution < 1.29 is 14.3 Å². The molecule has 2 amide bonds. The molecule has 30 heavy (non-hydrogen) atoms. The van der Waals surface area contributed by atoms with Crippen LogP contribution in [0.5, 0.6) is 5.75 Å². The summed E-state index contributed by atoms with van der Waals surface area (Å²) in [6.45, 7) is 4.96. The molecule has 0 spiro atoms. The van der Waals surface area contributed by atoms with E-state index in [0.717, 1.165) is 48.5 Å². The zero-order chi connectivity index (χ0) is 21.1. The highest BCUT2D eigenvalue weighted by Gasteiger charge is 2.30. The summed E-state index contributed by atoms with van der Waals surface area (Å²) in [6.07, 6.45) is 5.57. The van der Waals surface area contributed by atoms with E-state index >= 15 is 0 Å². The van der Waals surface area contributed by atoms with Gasteiger partial charge in [-0.25, -0.2) is 9.97 Å². The lowest BCUT2D eigenvalue weighted by molar-refractivity contribution is -0.122. The minimum Gasteiger partial charge on any atom is -0.491 e. The van der Waals surface area contributed by atoms with Crippen LogP contribution in [0.3, 0.4) is 0 Å². The van der Waals surface area contributed by atoms with Crippen molar-refractivity contribution in [3.8, 4) is 5.75 Å². The predicted octanol–water partition coefficient (Wildman–Crippen LogP) is 2.85. The SMILES string of the molecule is CC(C)Oc1ccc(CNC(=O)CN2CCCc3nc(C4CC4)ncc3C2=O)cc1. The van der Waals surface area contributed by atoms with Crippen LogP contribution in [0.4, 0.5) is 0 Å². The molecule has 1 N–H and O–H groups in total. The molecule has 0 saturated heterocycles. The van der Waals surface area contributed by atoms with E-state index in [2.05, 4.69) is 15.3 Å². The number of rotatable bonds is 7. The summed E-state index contributed by atoms with van der Waals surface area (Å²) in [7, 11) is 0. The average molecular weight is 409 g/mol. The first kappa shape index (κ1) is 20.3. The van der Waals surface area contributed by atoms with Gasteiger partial charge in [0.2, 0.25) is 5.91 Å². The molecule has 2 aromatic rings. The first-order valence-electron chi connectivity index (χ1n) is 10.7. The van der Waals surface area contributed by atoms with Crippen molar-refractivity contribution in [2.45, 2.75) is 58.1 Å². The molecule has 1 fully saturated rings. The lowest BCUT2D eigenvalue weighted by Gasteiger charge is -2.20. The van der Waals surface area contributed by atoms with E-state index in [1.165, 1.54) is 0 Å². The highest BCUT2D eigenvalue weighted by molar-refractivity contribution is 5.97. The zero-order valence-corrected chi connectivity index (χ0v) is 17.6. The predicted molar refractivity (Wildman–Crippen MR) is 112 cm³/mol. The molecule has 4 rings (SSSR count). The van der Waals surface area contributed by atoms with Crippen molar-refractivity contribution in [1.82, 2.24) is 20.2 Å². The fraction of sp³-hybridized carbons (Fsp3) is 0.478. The third-order valence-electron chi connectivity index (χ3n) is 5.31. The molecule has 1 aliphatic heterocycles. The number of fused-ring (bicyclic) bond motifs is 1. The smallest absolute Gasteiger partial charge is 0.257 e. The number of carbonyl (C=O) groups excluding carboxylic acids is 2. The van der Waals surface area contributed by atoms with Crippen LogP contribution in [-0.2, 0) is 17.8 Å². The molecule has 0 bridgehead atoms. The number of benzene rings is 1. The van der Waals surface area contributed by atoms with Gasteiger partial charge in [-0.15, -0.1) is 0 Å². The van der Waals surface area contributed by atoms with E-state index < -0.39 is 0 Å². The normalized spacial score (nSPS) is 16.2. The number of ether oxygens (including phenoxy) is 1. The van der Waals surface area contributed by atoms with Gasteiger partial charge in [-0.2, -0.15) is 0 Å². The Bertz CT molecular complexity index is 923. The van der Waals surface area contributed by atoms with Crippen LogP contribution in [0.1, 0.15) is 66.5 Å². The number of hydrogen-bond acceptors (Lipinski definition) is 5. The summed E-state index contributed by atoms with van der Waals surface area (Å²) >= 11 is 0. The molecule has 7 heteroatoms. The van der Waals surface area contributed by atoms with Crippen LogP contribution in [0.15, 0.2) is 30.5 Å². The Morgan fingerprint density at radius 1 is 1.27 bits per heavy atom. The Hall–Kier alpha value is -2.96. The lowest BCUT2D eigenvalue weighted by Crippen LogP contribution is -2.40. The third-order valence-corrected chi connectivity index (χ3v) is 5.31. The number of nitrogens with zero attached hydrogens (tertiary/aromatic N) is 3. The standard InChI is InChI=1S/C23H28N4O3/c1-15(2)30-18-9-5-16(6-10-18)12-24-21(28)14-27-11-3-4-20-19(23(27)29)13-25-22(26-20)17-7-8-17/h5-6,9-10,13,15,17H,3-4,7-8,11-12,14H2,1-2H3,(H,24,28). The quantitative estimate of drug-likeness (QED) is 0.762. The molecule has 158 valence electrons. The van der Waals surface area contributed by atoms with E-state index in [-0.39, 0.29) is 24.5 Å². The Morgan fingerprint density at radius 2 is 2.03 bits per heavy atom. The third kappa shape index (κ3) is 4.96. The minimum atomic E-state index is -0.176. The summed E-state index contributed by atoms with van der Waals surface area (Å²) < 4.78 is 5.63. The van der Waals surface area contributed by atoms with Gasteiger partial charge in [0.05, 0.1) is 23.9 Å². The van der Waals surface area contributed by atoms with Crippen LogP contribution in [0, 0.1) is 0 Å². The molecule has 0 unspecified atom stereocenters. The van der Waals surface area contributed by atoms with Crippen molar-refractivity contribution in [1.29, 1.82) is 0 Å². The first-order valence-corrected chi connectivity index (χ1v) is 10.7. The van der Waals surface area contributed by atoms with E-state index in [0.29, 0.717) is 24.6 Å². The van der Waals surface area contributed by atoms with Gasteiger partial charge >= 0.3 is 0 Å². The number of carbonyl (C=O) groups is 2. The van der Waals surface area contributed by atoms with Crippen molar-refractivity contribution in [3.05, 3.63) is 53.1 Å². The molecule has 2 aliphatic rings. The van der Waals surface area contributed by atoms with Crippen molar-refractivity contribution in [2.24, 2.45) is 0 Å². The van der Waals surface area contributed by atoms with E-state index in [1.807, 2.05) is 38.1 Å². The van der Waals surface area contributed by atoms with Crippen LogP contribution in [-0.4, -0.2) is 45.9 Å². The fourth-order valence-corrected chi connectivity index (χ4v) is 3.59. The molecule has 1 saturated carbocycles. The van der Waals surface area contributed by atoms with Crippen LogP contribution in [0.2, 0.25) is 0 Å². The van der Waals surface area contributed by atoms with Gasteiger partial charge in [0.25, 0.3) is 5.91 Å². The van der Waals surface area contributed by atoms with Gasteiger partial charge in [0.15, 0.2) is 0 Å². The fourth-order valence-electron chi connectivity index (χ4n) is 3.59.